The Hall–Kier alpha value is -3.13. The van der Waals surface area contributed by atoms with E-state index in [2.05, 4.69) is 21.9 Å². The van der Waals surface area contributed by atoms with E-state index in [4.69, 9.17) is 4.74 Å². The molecule has 2 saturated heterocycles. The molecule has 2 aromatic carbocycles. The lowest BCUT2D eigenvalue weighted by atomic mass is 9.89. The van der Waals surface area contributed by atoms with Crippen LogP contribution in [0, 0.1) is 10.1 Å². The van der Waals surface area contributed by atoms with Gasteiger partial charge in [-0.25, -0.2) is 0 Å². The minimum absolute atomic E-state index is 0.0911. The van der Waals surface area contributed by atoms with E-state index in [0.29, 0.717) is 12.5 Å². The van der Waals surface area contributed by atoms with Gasteiger partial charge in [-0.15, -0.1) is 0 Å². The molecular formula is C25H32N4O4. The number of benzene rings is 2. The summed E-state index contributed by atoms with van der Waals surface area (Å²) in [6, 6.07) is 15.1. The number of anilines is 1. The van der Waals surface area contributed by atoms with Gasteiger partial charge in [-0.2, -0.15) is 0 Å². The number of piperidine rings is 1. The van der Waals surface area contributed by atoms with Gasteiger partial charge in [0.2, 0.25) is 5.91 Å². The number of ether oxygens (including phenoxy) is 1. The van der Waals surface area contributed by atoms with Gasteiger partial charge in [-0.3, -0.25) is 19.8 Å². The standard InChI is InChI=1S/C25H32N4O4/c1-19-25(30)26(2)15-16-27(19)17-18-33-24-9-3-20(4-10-24)21-11-13-28(14-12-21)22-5-7-23(8-6-22)29(31)32/h3-10,19,21H,11-18H2,1-2H3/t19-/m1/s1. The molecule has 2 aromatic rings. The highest BCUT2D eigenvalue weighted by Crippen LogP contribution is 2.32. The molecule has 2 heterocycles. The Balaban J connectivity index is 1.23. The first-order chi connectivity index (χ1) is 15.9. The lowest BCUT2D eigenvalue weighted by Gasteiger charge is -2.37. The highest BCUT2D eigenvalue weighted by molar-refractivity contribution is 5.81. The summed E-state index contributed by atoms with van der Waals surface area (Å²) in [6.45, 7) is 6.77. The maximum absolute atomic E-state index is 12.1. The van der Waals surface area contributed by atoms with Crippen LogP contribution < -0.4 is 9.64 Å². The van der Waals surface area contributed by atoms with Gasteiger partial charge < -0.3 is 14.5 Å². The summed E-state index contributed by atoms with van der Waals surface area (Å²) in [6.07, 6.45) is 2.10. The van der Waals surface area contributed by atoms with E-state index in [0.717, 1.165) is 57.0 Å². The molecule has 0 N–H and O–H groups in total. The van der Waals surface area contributed by atoms with Crippen LogP contribution in [-0.4, -0.2) is 73.1 Å². The van der Waals surface area contributed by atoms with Crippen molar-refractivity contribution in [2.45, 2.75) is 31.7 Å². The number of amides is 1. The molecule has 0 bridgehead atoms. The molecule has 0 spiro atoms. The lowest BCUT2D eigenvalue weighted by Crippen LogP contribution is -2.55. The summed E-state index contributed by atoms with van der Waals surface area (Å²) in [5.74, 6) is 1.53. The molecule has 4 rings (SSSR count). The van der Waals surface area contributed by atoms with Crippen molar-refractivity contribution >= 4 is 17.3 Å². The summed E-state index contributed by atoms with van der Waals surface area (Å²) in [4.78, 5) is 28.9. The van der Waals surface area contributed by atoms with Crippen LogP contribution in [0.1, 0.15) is 31.2 Å². The van der Waals surface area contributed by atoms with E-state index in [1.165, 1.54) is 5.56 Å². The summed E-state index contributed by atoms with van der Waals surface area (Å²) >= 11 is 0. The van der Waals surface area contributed by atoms with Gasteiger partial charge in [0.15, 0.2) is 0 Å². The third-order valence-corrected chi connectivity index (χ3v) is 6.92. The fourth-order valence-corrected chi connectivity index (χ4v) is 4.74. The van der Waals surface area contributed by atoms with Crippen molar-refractivity contribution in [1.82, 2.24) is 9.80 Å². The molecule has 2 aliphatic rings. The molecule has 8 nitrogen and oxygen atoms in total. The van der Waals surface area contributed by atoms with E-state index in [9.17, 15) is 14.9 Å². The van der Waals surface area contributed by atoms with Crippen molar-refractivity contribution in [2.24, 2.45) is 0 Å². The molecule has 176 valence electrons. The third-order valence-electron chi connectivity index (χ3n) is 6.92. The van der Waals surface area contributed by atoms with Crippen LogP contribution in [0.25, 0.3) is 0 Å². The van der Waals surface area contributed by atoms with Crippen LogP contribution >= 0.6 is 0 Å². The minimum Gasteiger partial charge on any atom is -0.492 e. The SMILES string of the molecule is C[C@@H]1C(=O)N(C)CCN1CCOc1ccc(C2CCN(c3ccc([N+](=O)[O-])cc3)CC2)cc1. The second-order valence-corrected chi connectivity index (χ2v) is 8.92. The number of nitrogens with zero attached hydrogens (tertiary/aromatic N) is 4. The van der Waals surface area contributed by atoms with Crippen LogP contribution in [0.4, 0.5) is 11.4 Å². The molecule has 2 fully saturated rings. The van der Waals surface area contributed by atoms with Gasteiger partial charge in [0.25, 0.3) is 5.69 Å². The Bertz CT molecular complexity index is 955. The van der Waals surface area contributed by atoms with Crippen LogP contribution in [0.15, 0.2) is 48.5 Å². The molecule has 8 heteroatoms. The maximum Gasteiger partial charge on any atom is 0.269 e. The second kappa shape index (κ2) is 10.2. The number of carbonyl (C=O) groups is 1. The number of rotatable bonds is 7. The zero-order chi connectivity index (χ0) is 23.4. The van der Waals surface area contributed by atoms with E-state index in [1.54, 1.807) is 17.0 Å². The number of likely N-dealkylation sites (N-methyl/N-ethyl adjacent to an activating group) is 1. The first-order valence-electron chi connectivity index (χ1n) is 11.6. The molecule has 0 radical (unpaired) electrons. The van der Waals surface area contributed by atoms with Gasteiger partial charge in [0.1, 0.15) is 12.4 Å². The monoisotopic (exact) mass is 452 g/mol. The highest BCUT2D eigenvalue weighted by Gasteiger charge is 2.28. The van der Waals surface area contributed by atoms with E-state index in [-0.39, 0.29) is 22.6 Å². The number of nitro benzene ring substituents is 1. The molecule has 33 heavy (non-hydrogen) atoms. The average molecular weight is 453 g/mol. The zero-order valence-corrected chi connectivity index (χ0v) is 19.4. The van der Waals surface area contributed by atoms with Gasteiger partial charge >= 0.3 is 0 Å². The topological polar surface area (TPSA) is 79.2 Å². The Morgan fingerprint density at radius 2 is 1.67 bits per heavy atom. The minimum atomic E-state index is -0.364. The second-order valence-electron chi connectivity index (χ2n) is 8.92. The quantitative estimate of drug-likeness (QED) is 0.472. The van der Waals surface area contributed by atoms with Gasteiger partial charge in [0, 0.05) is 57.6 Å². The van der Waals surface area contributed by atoms with Crippen LogP contribution in [0.3, 0.4) is 0 Å². The molecule has 0 aromatic heterocycles. The summed E-state index contributed by atoms with van der Waals surface area (Å²) in [5, 5.41) is 10.8. The lowest BCUT2D eigenvalue weighted by molar-refractivity contribution is -0.384. The number of carbonyl (C=O) groups excluding carboxylic acids is 1. The fourth-order valence-electron chi connectivity index (χ4n) is 4.74. The molecule has 0 saturated carbocycles. The molecule has 0 aliphatic carbocycles. The first kappa shape index (κ1) is 23.0. The largest absolute Gasteiger partial charge is 0.492 e. The van der Waals surface area contributed by atoms with Crippen molar-refractivity contribution in [2.75, 3.05) is 51.3 Å². The number of hydrogen-bond acceptors (Lipinski definition) is 6. The molecule has 0 unspecified atom stereocenters. The van der Waals surface area contributed by atoms with Crippen molar-refractivity contribution in [3.8, 4) is 5.75 Å². The van der Waals surface area contributed by atoms with Crippen LogP contribution in [0.2, 0.25) is 0 Å². The normalized spacial score (nSPS) is 20.2. The maximum atomic E-state index is 12.1. The zero-order valence-electron chi connectivity index (χ0n) is 19.4. The predicted octanol–water partition coefficient (Wildman–Crippen LogP) is 3.52. The van der Waals surface area contributed by atoms with Gasteiger partial charge in [0.05, 0.1) is 11.0 Å². The predicted molar refractivity (Wildman–Crippen MR) is 128 cm³/mol. The number of nitro groups is 1. The Morgan fingerprint density at radius 3 is 2.30 bits per heavy atom. The van der Waals surface area contributed by atoms with E-state index in [1.807, 2.05) is 38.2 Å². The van der Waals surface area contributed by atoms with Gasteiger partial charge in [-0.05, 0) is 55.5 Å². The average Bonchev–Trinajstić information content (AvgIpc) is 2.84. The molecule has 2 aliphatic heterocycles. The Labute approximate surface area is 194 Å². The van der Waals surface area contributed by atoms with Crippen molar-refractivity contribution in [3.05, 3.63) is 64.2 Å². The van der Waals surface area contributed by atoms with Crippen LogP contribution in [0.5, 0.6) is 5.75 Å². The number of hydrogen-bond donors (Lipinski definition) is 0. The smallest absolute Gasteiger partial charge is 0.269 e. The van der Waals surface area contributed by atoms with Gasteiger partial charge in [-0.1, -0.05) is 12.1 Å². The molecule has 1 amide bonds. The van der Waals surface area contributed by atoms with Crippen molar-refractivity contribution < 1.29 is 14.5 Å². The summed E-state index contributed by atoms with van der Waals surface area (Å²) in [5.41, 5.74) is 2.49. The van der Waals surface area contributed by atoms with Crippen LogP contribution in [-0.2, 0) is 4.79 Å². The fraction of sp³-hybridized carbons (Fsp3) is 0.480. The van der Waals surface area contributed by atoms with Crippen molar-refractivity contribution in [1.29, 1.82) is 0 Å². The summed E-state index contributed by atoms with van der Waals surface area (Å²) < 4.78 is 5.94. The third kappa shape index (κ3) is 5.45. The van der Waals surface area contributed by atoms with E-state index >= 15 is 0 Å². The highest BCUT2D eigenvalue weighted by atomic mass is 16.6. The number of non-ortho nitro benzene ring substituents is 1. The Kier molecular flexibility index (Phi) is 7.13. The van der Waals surface area contributed by atoms with E-state index < -0.39 is 0 Å². The summed E-state index contributed by atoms with van der Waals surface area (Å²) in [7, 11) is 1.85. The first-order valence-corrected chi connectivity index (χ1v) is 11.6. The molecular weight excluding hydrogens is 420 g/mol. The molecule has 1 atom stereocenters. The Morgan fingerprint density at radius 1 is 1.00 bits per heavy atom. The van der Waals surface area contributed by atoms with Crippen molar-refractivity contribution in [3.63, 3.8) is 0 Å². The number of piperazine rings is 1.